The molecule has 2 aromatic carbocycles. The minimum atomic E-state index is -3.74. The first kappa shape index (κ1) is 25.4. The van der Waals surface area contributed by atoms with Crippen molar-refractivity contribution in [1.29, 1.82) is 0 Å². The number of nitro benzene ring substituents is 1. The monoisotopic (exact) mass is 492 g/mol. The Morgan fingerprint density at radius 2 is 1.91 bits per heavy atom. The number of hydrogen-bond acceptors (Lipinski definition) is 8. The molecule has 0 bridgehead atoms. The first-order chi connectivity index (χ1) is 16.1. The number of morpholine rings is 1. The van der Waals surface area contributed by atoms with Gasteiger partial charge in [0.15, 0.2) is 0 Å². The average Bonchev–Trinajstić information content (AvgIpc) is 2.79. The molecule has 11 nitrogen and oxygen atoms in total. The molecule has 1 saturated heterocycles. The van der Waals surface area contributed by atoms with Gasteiger partial charge in [0.2, 0.25) is 15.9 Å². The van der Waals surface area contributed by atoms with Gasteiger partial charge >= 0.3 is 0 Å². The number of anilines is 2. The standard InChI is InChI=1S/C22H28N4O7S/c1-15(2)33-21-8-7-17(34(30,31)25-9-11-32-12-10-25)13-19(21)23-14-22(27)24-18-5-4-6-20(16(18)3)26(28)29/h4-8,13,15,23H,9-12,14H2,1-3H3,(H,24,27). The highest BCUT2D eigenvalue weighted by atomic mass is 32.2. The Morgan fingerprint density at radius 1 is 1.21 bits per heavy atom. The molecular formula is C22H28N4O7S. The van der Waals surface area contributed by atoms with Gasteiger partial charge in [-0.05, 0) is 45.0 Å². The molecule has 184 valence electrons. The van der Waals surface area contributed by atoms with Gasteiger partial charge in [0.25, 0.3) is 5.69 Å². The first-order valence-electron chi connectivity index (χ1n) is 10.8. The van der Waals surface area contributed by atoms with Gasteiger partial charge in [-0.3, -0.25) is 14.9 Å². The highest BCUT2D eigenvalue weighted by Crippen LogP contribution is 2.30. The number of rotatable bonds is 9. The number of ether oxygens (including phenoxy) is 2. The molecule has 1 heterocycles. The number of carbonyl (C=O) groups excluding carboxylic acids is 1. The lowest BCUT2D eigenvalue weighted by Crippen LogP contribution is -2.40. The maximum Gasteiger partial charge on any atom is 0.274 e. The zero-order valence-corrected chi connectivity index (χ0v) is 20.1. The molecule has 0 aromatic heterocycles. The predicted octanol–water partition coefficient (Wildman–Crippen LogP) is 2.76. The number of sulfonamides is 1. The minimum Gasteiger partial charge on any atom is -0.489 e. The van der Waals surface area contributed by atoms with Crippen molar-refractivity contribution in [3.8, 4) is 5.75 Å². The van der Waals surface area contributed by atoms with E-state index in [0.717, 1.165) is 0 Å². The van der Waals surface area contributed by atoms with Crippen LogP contribution in [0.5, 0.6) is 5.75 Å². The summed E-state index contributed by atoms with van der Waals surface area (Å²) in [5, 5.41) is 16.7. The van der Waals surface area contributed by atoms with Crippen LogP contribution in [-0.4, -0.2) is 62.5 Å². The largest absolute Gasteiger partial charge is 0.489 e. The van der Waals surface area contributed by atoms with Crippen LogP contribution in [0.1, 0.15) is 19.4 Å². The molecule has 0 saturated carbocycles. The summed E-state index contributed by atoms with van der Waals surface area (Å²) in [5.41, 5.74) is 0.903. The van der Waals surface area contributed by atoms with Crippen LogP contribution in [0.4, 0.5) is 17.1 Å². The van der Waals surface area contributed by atoms with E-state index in [9.17, 15) is 23.3 Å². The summed E-state index contributed by atoms with van der Waals surface area (Å²) in [6.07, 6.45) is -0.177. The fraction of sp³-hybridized carbons (Fsp3) is 0.409. The molecule has 1 amide bonds. The molecule has 0 spiro atoms. The van der Waals surface area contributed by atoms with E-state index in [-0.39, 0.29) is 36.3 Å². The first-order valence-corrected chi connectivity index (χ1v) is 12.2. The van der Waals surface area contributed by atoms with Crippen LogP contribution in [0.3, 0.4) is 0 Å². The van der Waals surface area contributed by atoms with E-state index in [2.05, 4.69) is 10.6 Å². The van der Waals surface area contributed by atoms with Crippen LogP contribution in [0.2, 0.25) is 0 Å². The molecule has 0 aliphatic carbocycles. The molecule has 12 heteroatoms. The summed E-state index contributed by atoms with van der Waals surface area (Å²) in [6, 6.07) is 8.89. The summed E-state index contributed by atoms with van der Waals surface area (Å²) in [5.74, 6) is -0.0595. The lowest BCUT2D eigenvalue weighted by atomic mass is 10.1. The van der Waals surface area contributed by atoms with Crippen molar-refractivity contribution in [2.24, 2.45) is 0 Å². The van der Waals surface area contributed by atoms with Gasteiger partial charge < -0.3 is 20.1 Å². The van der Waals surface area contributed by atoms with Crippen LogP contribution in [0, 0.1) is 17.0 Å². The third-order valence-electron chi connectivity index (χ3n) is 5.14. The second kappa shape index (κ2) is 10.8. The Balaban J connectivity index is 1.79. The number of hydrogen-bond donors (Lipinski definition) is 2. The molecule has 0 unspecified atom stereocenters. The lowest BCUT2D eigenvalue weighted by Gasteiger charge is -2.26. The smallest absolute Gasteiger partial charge is 0.274 e. The van der Waals surface area contributed by atoms with Crippen molar-refractivity contribution >= 4 is 33.0 Å². The SMILES string of the molecule is Cc1c(NC(=O)CNc2cc(S(=O)(=O)N3CCOCC3)ccc2OC(C)C)cccc1[N+](=O)[O-]. The van der Waals surface area contributed by atoms with Crippen molar-refractivity contribution in [2.75, 3.05) is 43.5 Å². The van der Waals surface area contributed by atoms with E-state index in [1.165, 1.54) is 28.6 Å². The molecule has 1 aliphatic rings. The summed E-state index contributed by atoms with van der Waals surface area (Å²) in [4.78, 5) is 23.2. The Hall–Kier alpha value is -3.22. The van der Waals surface area contributed by atoms with Crippen LogP contribution >= 0.6 is 0 Å². The maximum atomic E-state index is 13.0. The number of nitrogens with zero attached hydrogens (tertiary/aromatic N) is 2. The van der Waals surface area contributed by atoms with E-state index < -0.39 is 20.9 Å². The molecule has 3 rings (SSSR count). The average molecular weight is 493 g/mol. The van der Waals surface area contributed by atoms with Gasteiger partial charge in [-0.25, -0.2) is 8.42 Å². The van der Waals surface area contributed by atoms with E-state index in [4.69, 9.17) is 9.47 Å². The number of amides is 1. The fourth-order valence-electron chi connectivity index (χ4n) is 3.43. The van der Waals surface area contributed by atoms with Crippen molar-refractivity contribution < 1.29 is 27.6 Å². The predicted molar refractivity (Wildman–Crippen MR) is 127 cm³/mol. The molecule has 1 aliphatic heterocycles. The second-order valence-electron chi connectivity index (χ2n) is 7.95. The second-order valence-corrected chi connectivity index (χ2v) is 9.89. The van der Waals surface area contributed by atoms with Crippen LogP contribution in [-0.2, 0) is 19.6 Å². The number of benzene rings is 2. The maximum absolute atomic E-state index is 13.0. The molecule has 0 radical (unpaired) electrons. The van der Waals surface area contributed by atoms with Crippen LogP contribution < -0.4 is 15.4 Å². The van der Waals surface area contributed by atoms with Gasteiger partial charge in [-0.2, -0.15) is 4.31 Å². The number of nitrogens with one attached hydrogen (secondary N) is 2. The topological polar surface area (TPSA) is 140 Å². The Kier molecular flexibility index (Phi) is 8.07. The number of carbonyl (C=O) groups is 1. The third kappa shape index (κ3) is 6.01. The molecule has 34 heavy (non-hydrogen) atoms. The fourth-order valence-corrected chi connectivity index (χ4v) is 4.86. The minimum absolute atomic E-state index is 0.0722. The van der Waals surface area contributed by atoms with Gasteiger partial charge in [-0.1, -0.05) is 6.07 Å². The third-order valence-corrected chi connectivity index (χ3v) is 7.03. The molecular weight excluding hydrogens is 464 g/mol. The van der Waals surface area contributed by atoms with Crippen molar-refractivity contribution in [1.82, 2.24) is 4.31 Å². The van der Waals surface area contributed by atoms with E-state index >= 15 is 0 Å². The van der Waals surface area contributed by atoms with Gasteiger partial charge in [0.05, 0.1) is 52.6 Å². The zero-order chi connectivity index (χ0) is 24.9. The van der Waals surface area contributed by atoms with Gasteiger partial charge in [0.1, 0.15) is 5.75 Å². The molecule has 2 aromatic rings. The van der Waals surface area contributed by atoms with Crippen molar-refractivity contribution in [2.45, 2.75) is 31.8 Å². The highest BCUT2D eigenvalue weighted by Gasteiger charge is 2.27. The normalized spacial score (nSPS) is 14.6. The molecule has 2 N–H and O–H groups in total. The Morgan fingerprint density at radius 3 is 2.56 bits per heavy atom. The van der Waals surface area contributed by atoms with Crippen LogP contribution in [0.15, 0.2) is 41.3 Å². The molecule has 1 fully saturated rings. The Bertz CT molecular complexity index is 1160. The van der Waals surface area contributed by atoms with E-state index in [0.29, 0.717) is 35.9 Å². The summed E-state index contributed by atoms with van der Waals surface area (Å²) >= 11 is 0. The zero-order valence-electron chi connectivity index (χ0n) is 19.2. The van der Waals surface area contributed by atoms with Gasteiger partial charge in [-0.15, -0.1) is 0 Å². The van der Waals surface area contributed by atoms with Crippen molar-refractivity contribution in [3.05, 3.63) is 52.1 Å². The quantitative estimate of drug-likeness (QED) is 0.402. The van der Waals surface area contributed by atoms with Crippen LogP contribution in [0.25, 0.3) is 0 Å². The van der Waals surface area contributed by atoms with Gasteiger partial charge in [0, 0.05) is 19.2 Å². The number of nitro groups is 1. The lowest BCUT2D eigenvalue weighted by molar-refractivity contribution is -0.385. The van der Waals surface area contributed by atoms with E-state index in [1.807, 2.05) is 13.8 Å². The summed E-state index contributed by atoms with van der Waals surface area (Å²) in [6.45, 7) is 6.19. The van der Waals surface area contributed by atoms with Crippen molar-refractivity contribution in [3.63, 3.8) is 0 Å². The Labute approximate surface area is 198 Å². The summed E-state index contributed by atoms with van der Waals surface area (Å²) in [7, 11) is -3.74. The highest BCUT2D eigenvalue weighted by molar-refractivity contribution is 7.89. The summed E-state index contributed by atoms with van der Waals surface area (Å²) < 4.78 is 38.5. The molecule has 0 atom stereocenters. The van der Waals surface area contributed by atoms with E-state index in [1.54, 1.807) is 19.1 Å².